The average molecular weight is 266 g/mol. The Balaban J connectivity index is 3.50. The number of hydrogen-bond acceptors (Lipinski definition) is 5. The maximum atomic E-state index is 11.3. The molecule has 0 atom stereocenters. The van der Waals surface area contributed by atoms with Crippen molar-refractivity contribution in [1.82, 2.24) is 10.0 Å². The predicted octanol–water partition coefficient (Wildman–Crippen LogP) is -0.143. The molecule has 102 valence electrons. The van der Waals surface area contributed by atoms with E-state index in [1.165, 1.54) is 0 Å². The van der Waals surface area contributed by atoms with Gasteiger partial charge in [-0.05, 0) is 20.8 Å². The molecule has 2 N–H and O–H groups in total. The van der Waals surface area contributed by atoms with Crippen LogP contribution < -0.4 is 10.0 Å². The first-order chi connectivity index (χ1) is 7.60. The van der Waals surface area contributed by atoms with E-state index in [1.54, 1.807) is 0 Å². The molecule has 0 bridgehead atoms. The summed E-state index contributed by atoms with van der Waals surface area (Å²) in [5, 5.41) is 2.95. The minimum atomic E-state index is -3.13. The van der Waals surface area contributed by atoms with Crippen molar-refractivity contribution in [1.29, 1.82) is 0 Å². The maximum absolute atomic E-state index is 11.3. The van der Waals surface area contributed by atoms with Gasteiger partial charge in [0, 0.05) is 19.6 Å². The van der Waals surface area contributed by atoms with E-state index in [9.17, 15) is 13.2 Å². The van der Waals surface area contributed by atoms with Gasteiger partial charge in [-0.1, -0.05) is 0 Å². The number of nitrogens with one attached hydrogen (secondary N) is 2. The average Bonchev–Trinajstić information content (AvgIpc) is 2.06. The normalized spacial score (nSPS) is 12.5. The van der Waals surface area contributed by atoms with Crippen molar-refractivity contribution in [2.24, 2.45) is 0 Å². The summed E-state index contributed by atoms with van der Waals surface area (Å²) in [6.45, 7) is 6.71. The van der Waals surface area contributed by atoms with Crippen molar-refractivity contribution in [2.45, 2.75) is 32.8 Å². The third-order valence-electron chi connectivity index (χ3n) is 1.59. The van der Waals surface area contributed by atoms with Gasteiger partial charge in [0.25, 0.3) is 0 Å². The van der Waals surface area contributed by atoms with Crippen LogP contribution in [-0.4, -0.2) is 45.9 Å². The fourth-order valence-corrected chi connectivity index (χ4v) is 1.51. The number of carbonyl (C=O) groups is 1. The lowest BCUT2D eigenvalue weighted by Crippen LogP contribution is -2.32. The molecule has 0 aliphatic carbocycles. The number of carbonyl (C=O) groups excluding carboxylic acids is 1. The second-order valence-corrected chi connectivity index (χ2v) is 6.59. The molecule has 0 aromatic carbocycles. The molecule has 0 aliphatic heterocycles. The fourth-order valence-electron chi connectivity index (χ4n) is 1.03. The van der Waals surface area contributed by atoms with Gasteiger partial charge in [-0.25, -0.2) is 13.1 Å². The van der Waals surface area contributed by atoms with Crippen LogP contribution in [0, 0.1) is 0 Å². The molecule has 6 nitrogen and oxygen atoms in total. The summed E-state index contributed by atoms with van der Waals surface area (Å²) in [6, 6.07) is 0. The topological polar surface area (TPSA) is 84.5 Å². The molecule has 0 saturated heterocycles. The molecule has 7 heteroatoms. The molecule has 0 heterocycles. The first-order valence-corrected chi connectivity index (χ1v) is 7.36. The molecule has 0 unspecified atom stereocenters. The SMILES string of the molecule is CC(C)(C)OC(=O)CCNCCNS(C)(=O)=O. The second-order valence-electron chi connectivity index (χ2n) is 4.75. The van der Waals surface area contributed by atoms with E-state index in [4.69, 9.17) is 4.74 Å². The maximum Gasteiger partial charge on any atom is 0.307 e. The molecular formula is C10H22N2O4S. The molecule has 17 heavy (non-hydrogen) atoms. The van der Waals surface area contributed by atoms with Gasteiger partial charge in [0.05, 0.1) is 12.7 Å². The number of rotatable bonds is 7. The zero-order valence-electron chi connectivity index (χ0n) is 10.9. The lowest BCUT2D eigenvalue weighted by molar-refractivity contribution is -0.154. The molecule has 0 amide bonds. The largest absolute Gasteiger partial charge is 0.460 e. The van der Waals surface area contributed by atoms with Crippen LogP contribution in [0.5, 0.6) is 0 Å². The Kier molecular flexibility index (Phi) is 6.66. The smallest absolute Gasteiger partial charge is 0.307 e. The van der Waals surface area contributed by atoms with Crippen LogP contribution in [0.2, 0.25) is 0 Å². The third kappa shape index (κ3) is 13.3. The fraction of sp³-hybridized carbons (Fsp3) is 0.900. The quantitative estimate of drug-likeness (QED) is 0.495. The zero-order valence-corrected chi connectivity index (χ0v) is 11.7. The third-order valence-corrected chi connectivity index (χ3v) is 2.32. The molecule has 0 radical (unpaired) electrons. The lowest BCUT2D eigenvalue weighted by atomic mass is 10.2. The van der Waals surface area contributed by atoms with Crippen LogP contribution in [0.3, 0.4) is 0 Å². The Morgan fingerprint density at radius 1 is 1.18 bits per heavy atom. The van der Waals surface area contributed by atoms with Gasteiger partial charge in [-0.3, -0.25) is 4.79 Å². The van der Waals surface area contributed by atoms with Gasteiger partial charge in [-0.2, -0.15) is 0 Å². The van der Waals surface area contributed by atoms with Crippen molar-refractivity contribution in [2.75, 3.05) is 25.9 Å². The van der Waals surface area contributed by atoms with Crippen molar-refractivity contribution < 1.29 is 17.9 Å². The van der Waals surface area contributed by atoms with E-state index in [1.807, 2.05) is 20.8 Å². The van der Waals surface area contributed by atoms with Crippen LogP contribution in [0.1, 0.15) is 27.2 Å². The van der Waals surface area contributed by atoms with E-state index in [0.29, 0.717) is 19.6 Å². The van der Waals surface area contributed by atoms with E-state index >= 15 is 0 Å². The molecular weight excluding hydrogens is 244 g/mol. The van der Waals surface area contributed by atoms with Crippen molar-refractivity contribution in [3.8, 4) is 0 Å². The lowest BCUT2D eigenvalue weighted by Gasteiger charge is -2.19. The van der Waals surface area contributed by atoms with Crippen LogP contribution in [0.4, 0.5) is 0 Å². The summed E-state index contributed by atoms with van der Waals surface area (Å²) >= 11 is 0. The first kappa shape index (κ1) is 16.3. The standard InChI is InChI=1S/C10H22N2O4S/c1-10(2,3)16-9(13)5-6-11-7-8-12-17(4,14)15/h11-12H,5-8H2,1-4H3. The minimum Gasteiger partial charge on any atom is -0.460 e. The Morgan fingerprint density at radius 3 is 2.24 bits per heavy atom. The summed E-state index contributed by atoms with van der Waals surface area (Å²) in [4.78, 5) is 11.3. The van der Waals surface area contributed by atoms with Gasteiger partial charge in [0.1, 0.15) is 5.60 Å². The molecule has 0 fully saturated rings. The highest BCUT2D eigenvalue weighted by Gasteiger charge is 2.15. The number of sulfonamides is 1. The zero-order chi connectivity index (χ0) is 13.5. The van der Waals surface area contributed by atoms with Gasteiger partial charge >= 0.3 is 5.97 Å². The number of esters is 1. The van der Waals surface area contributed by atoms with Crippen molar-refractivity contribution >= 4 is 16.0 Å². The molecule has 0 aromatic rings. The van der Waals surface area contributed by atoms with Gasteiger partial charge in [0.2, 0.25) is 10.0 Å². The highest BCUT2D eigenvalue weighted by atomic mass is 32.2. The summed E-state index contributed by atoms with van der Waals surface area (Å²) in [6.07, 6.45) is 1.38. The summed E-state index contributed by atoms with van der Waals surface area (Å²) in [5.74, 6) is -0.263. The van der Waals surface area contributed by atoms with Crippen LogP contribution in [0.15, 0.2) is 0 Å². The second kappa shape index (κ2) is 6.93. The van der Waals surface area contributed by atoms with Crippen LogP contribution in [-0.2, 0) is 19.6 Å². The number of ether oxygens (including phenoxy) is 1. The Labute approximate surface area is 103 Å². The summed E-state index contributed by atoms with van der Waals surface area (Å²) in [5.41, 5.74) is -0.463. The predicted molar refractivity (Wildman–Crippen MR) is 66.2 cm³/mol. The van der Waals surface area contributed by atoms with E-state index in [0.717, 1.165) is 6.26 Å². The minimum absolute atomic E-state index is 0.263. The number of hydrogen-bond donors (Lipinski definition) is 2. The van der Waals surface area contributed by atoms with Gasteiger partial charge in [-0.15, -0.1) is 0 Å². The molecule has 0 saturated carbocycles. The van der Waals surface area contributed by atoms with Crippen LogP contribution in [0.25, 0.3) is 0 Å². The monoisotopic (exact) mass is 266 g/mol. The van der Waals surface area contributed by atoms with Crippen LogP contribution >= 0.6 is 0 Å². The Hall–Kier alpha value is -0.660. The highest BCUT2D eigenvalue weighted by molar-refractivity contribution is 7.88. The van der Waals surface area contributed by atoms with E-state index in [2.05, 4.69) is 10.0 Å². The Bertz CT molecular complexity index is 333. The van der Waals surface area contributed by atoms with Gasteiger partial charge < -0.3 is 10.1 Å². The van der Waals surface area contributed by atoms with Crippen molar-refractivity contribution in [3.63, 3.8) is 0 Å². The highest BCUT2D eigenvalue weighted by Crippen LogP contribution is 2.07. The first-order valence-electron chi connectivity index (χ1n) is 5.47. The van der Waals surface area contributed by atoms with Gasteiger partial charge in [0.15, 0.2) is 0 Å². The Morgan fingerprint density at radius 2 is 1.76 bits per heavy atom. The summed E-state index contributed by atoms with van der Waals surface area (Å²) < 4.78 is 28.9. The molecule has 0 aromatic heterocycles. The van der Waals surface area contributed by atoms with E-state index < -0.39 is 15.6 Å². The summed E-state index contributed by atoms with van der Waals surface area (Å²) in [7, 11) is -3.13. The van der Waals surface area contributed by atoms with E-state index in [-0.39, 0.29) is 12.4 Å². The molecule has 0 rings (SSSR count). The molecule has 0 spiro atoms. The molecule has 0 aliphatic rings. The van der Waals surface area contributed by atoms with Crippen molar-refractivity contribution in [3.05, 3.63) is 0 Å².